The number of hydrogen-bond acceptors (Lipinski definition) is 7. The van der Waals surface area contributed by atoms with Crippen LogP contribution in [0.4, 0.5) is 15.0 Å². The van der Waals surface area contributed by atoms with E-state index in [0.717, 1.165) is 21.0 Å². The van der Waals surface area contributed by atoms with E-state index in [0.29, 0.717) is 24.3 Å². The van der Waals surface area contributed by atoms with Crippen molar-refractivity contribution in [3.63, 3.8) is 0 Å². The number of likely N-dealkylation sites (tertiary alicyclic amines) is 1. The molecule has 2 amide bonds. The van der Waals surface area contributed by atoms with Crippen molar-refractivity contribution in [2.75, 3.05) is 18.4 Å². The summed E-state index contributed by atoms with van der Waals surface area (Å²) in [5.41, 5.74) is 7.21. The number of nitrogens with one attached hydrogen (secondary N) is 1. The first-order valence-electron chi connectivity index (χ1n) is 8.51. The highest BCUT2D eigenvalue weighted by molar-refractivity contribution is 7.14. The molecule has 1 aliphatic heterocycles. The average molecular weight is 387 g/mol. The van der Waals surface area contributed by atoms with Gasteiger partial charge in [-0.15, -0.1) is 10.2 Å². The van der Waals surface area contributed by atoms with Crippen LogP contribution in [0, 0.1) is 6.92 Å². The zero-order valence-electron chi connectivity index (χ0n) is 14.6. The molecule has 8 nitrogen and oxygen atoms in total. The Labute approximate surface area is 158 Å². The fourth-order valence-corrected chi connectivity index (χ4v) is 3.60. The number of fused-ring (bicyclic) bond motifs is 1. The number of pyridine rings is 2. The molecule has 0 aliphatic carbocycles. The van der Waals surface area contributed by atoms with Gasteiger partial charge < -0.3 is 10.6 Å². The van der Waals surface area contributed by atoms with Crippen molar-refractivity contribution in [1.82, 2.24) is 25.1 Å². The number of alkyl halides is 1. The predicted molar refractivity (Wildman–Crippen MR) is 101 cm³/mol. The van der Waals surface area contributed by atoms with Gasteiger partial charge in [-0.1, -0.05) is 11.3 Å². The monoisotopic (exact) mass is 387 g/mol. The number of halogens is 1. The third kappa shape index (κ3) is 3.71. The van der Waals surface area contributed by atoms with Crippen molar-refractivity contribution in [3.05, 3.63) is 29.5 Å². The van der Waals surface area contributed by atoms with Crippen molar-refractivity contribution in [2.24, 2.45) is 5.73 Å². The smallest absolute Gasteiger partial charge is 0.323 e. The summed E-state index contributed by atoms with van der Waals surface area (Å²) in [6.45, 7) is 2.30. The van der Waals surface area contributed by atoms with E-state index < -0.39 is 12.2 Å². The third-order valence-electron chi connectivity index (χ3n) is 4.45. The van der Waals surface area contributed by atoms with Crippen molar-refractivity contribution >= 4 is 34.1 Å². The molecular weight excluding hydrogens is 369 g/mol. The normalized spacial score (nSPS) is 20.0. The van der Waals surface area contributed by atoms with E-state index in [2.05, 4.69) is 25.5 Å². The van der Waals surface area contributed by atoms with E-state index >= 15 is 0 Å². The Kier molecular flexibility index (Phi) is 4.66. The molecule has 0 spiro atoms. The Balaban J connectivity index is 1.54. The highest BCUT2D eigenvalue weighted by Gasteiger charge is 2.29. The topological polar surface area (TPSA) is 110 Å². The van der Waals surface area contributed by atoms with Crippen LogP contribution < -0.4 is 11.1 Å². The molecule has 0 saturated carbocycles. The van der Waals surface area contributed by atoms with Gasteiger partial charge >= 0.3 is 6.03 Å². The zero-order valence-corrected chi connectivity index (χ0v) is 15.4. The summed E-state index contributed by atoms with van der Waals surface area (Å²) in [7, 11) is 0. The van der Waals surface area contributed by atoms with Gasteiger partial charge in [0.15, 0.2) is 0 Å². The van der Waals surface area contributed by atoms with Crippen LogP contribution in [-0.2, 0) is 0 Å². The molecule has 1 saturated heterocycles. The number of carbonyl (C=O) groups excluding carboxylic acids is 1. The zero-order chi connectivity index (χ0) is 19.0. The Morgan fingerprint density at radius 1 is 1.33 bits per heavy atom. The lowest BCUT2D eigenvalue weighted by molar-refractivity contribution is 0.137. The molecule has 3 aromatic rings. The molecule has 1 aliphatic rings. The fraction of sp³-hybridized carbons (Fsp3) is 0.353. The van der Waals surface area contributed by atoms with Gasteiger partial charge in [0.2, 0.25) is 0 Å². The van der Waals surface area contributed by atoms with Crippen LogP contribution in [-0.4, -0.2) is 56.4 Å². The number of aromatic nitrogens is 4. The van der Waals surface area contributed by atoms with Gasteiger partial charge in [0.1, 0.15) is 22.0 Å². The van der Waals surface area contributed by atoms with Crippen molar-refractivity contribution in [1.29, 1.82) is 0 Å². The minimum absolute atomic E-state index is 0.0112. The maximum Gasteiger partial charge on any atom is 0.323 e. The van der Waals surface area contributed by atoms with E-state index in [9.17, 15) is 9.18 Å². The number of nitrogens with zero attached hydrogens (tertiary/aromatic N) is 5. The fourth-order valence-electron chi connectivity index (χ4n) is 2.93. The van der Waals surface area contributed by atoms with E-state index in [1.54, 1.807) is 18.5 Å². The van der Waals surface area contributed by atoms with Crippen LogP contribution in [0.3, 0.4) is 0 Å². The van der Waals surface area contributed by atoms with Crippen LogP contribution in [0.15, 0.2) is 24.5 Å². The van der Waals surface area contributed by atoms with E-state index in [4.69, 9.17) is 5.73 Å². The Morgan fingerprint density at radius 2 is 2.19 bits per heavy atom. The molecule has 2 atom stereocenters. The standard InChI is InChI=1S/C17H18FN7OS/c1-9-23-24-16(27-9)11-4-10-5-15(21-7-14(10)20-6-11)22-17(26)25-3-2-13(19)12(18)8-25/h4-7,12-13H,2-3,8,19H2,1H3,(H,21,22,26)/t12-,13-/m0/s1. The molecule has 0 unspecified atom stereocenters. The highest BCUT2D eigenvalue weighted by atomic mass is 32.1. The summed E-state index contributed by atoms with van der Waals surface area (Å²) in [4.78, 5) is 22.4. The molecule has 4 rings (SSSR count). The second kappa shape index (κ2) is 7.12. The van der Waals surface area contributed by atoms with Gasteiger partial charge in [-0.3, -0.25) is 10.3 Å². The first kappa shape index (κ1) is 17.7. The lowest BCUT2D eigenvalue weighted by Crippen LogP contribution is -2.51. The molecule has 1 fully saturated rings. The van der Waals surface area contributed by atoms with Crippen LogP contribution in [0.2, 0.25) is 0 Å². The Bertz CT molecular complexity index is 994. The second-order valence-electron chi connectivity index (χ2n) is 6.46. The van der Waals surface area contributed by atoms with E-state index in [1.165, 1.54) is 16.2 Å². The van der Waals surface area contributed by atoms with Crippen LogP contribution in [0.25, 0.3) is 21.5 Å². The number of urea groups is 1. The first-order chi connectivity index (χ1) is 13.0. The van der Waals surface area contributed by atoms with Crippen molar-refractivity contribution in [3.8, 4) is 10.6 Å². The summed E-state index contributed by atoms with van der Waals surface area (Å²) in [6.07, 6.45) is 2.54. The molecule has 0 radical (unpaired) electrons. The molecule has 140 valence electrons. The molecule has 4 heterocycles. The molecule has 10 heteroatoms. The third-order valence-corrected chi connectivity index (χ3v) is 5.34. The quantitative estimate of drug-likeness (QED) is 0.698. The number of rotatable bonds is 2. The molecule has 3 aromatic heterocycles. The molecule has 0 bridgehead atoms. The first-order valence-corrected chi connectivity index (χ1v) is 9.33. The van der Waals surface area contributed by atoms with Crippen LogP contribution in [0.1, 0.15) is 11.4 Å². The molecule has 0 aromatic carbocycles. The Morgan fingerprint density at radius 3 is 2.93 bits per heavy atom. The summed E-state index contributed by atoms with van der Waals surface area (Å²) in [5.74, 6) is 0.380. The van der Waals surface area contributed by atoms with Crippen LogP contribution >= 0.6 is 11.3 Å². The molecule has 3 N–H and O–H groups in total. The number of carbonyl (C=O) groups is 1. The van der Waals surface area contributed by atoms with Gasteiger partial charge in [0.25, 0.3) is 0 Å². The average Bonchev–Trinajstić information content (AvgIpc) is 3.09. The molecular formula is C17H18FN7OS. The minimum Gasteiger partial charge on any atom is -0.325 e. The largest absolute Gasteiger partial charge is 0.325 e. The van der Waals surface area contributed by atoms with Crippen molar-refractivity contribution in [2.45, 2.75) is 25.6 Å². The van der Waals surface area contributed by atoms with Gasteiger partial charge in [-0.05, 0) is 25.5 Å². The number of amides is 2. The summed E-state index contributed by atoms with van der Waals surface area (Å²) >= 11 is 1.48. The summed E-state index contributed by atoms with van der Waals surface area (Å²) in [5, 5.41) is 13.3. The number of hydrogen-bond donors (Lipinski definition) is 2. The lowest BCUT2D eigenvalue weighted by Gasteiger charge is -2.32. The van der Waals surface area contributed by atoms with Crippen molar-refractivity contribution < 1.29 is 9.18 Å². The maximum absolute atomic E-state index is 13.8. The van der Waals surface area contributed by atoms with Gasteiger partial charge in [0.05, 0.1) is 18.3 Å². The second-order valence-corrected chi connectivity index (χ2v) is 7.64. The Hall–Kier alpha value is -2.72. The predicted octanol–water partition coefficient (Wildman–Crippen LogP) is 2.36. The highest BCUT2D eigenvalue weighted by Crippen LogP contribution is 2.26. The van der Waals surface area contributed by atoms with Crippen LogP contribution in [0.5, 0.6) is 0 Å². The number of piperidine rings is 1. The van der Waals surface area contributed by atoms with Gasteiger partial charge in [0, 0.05) is 29.7 Å². The van der Waals surface area contributed by atoms with E-state index in [1.807, 2.05) is 13.0 Å². The number of nitrogens with two attached hydrogens (primary N) is 1. The summed E-state index contributed by atoms with van der Waals surface area (Å²) in [6, 6.07) is 2.76. The lowest BCUT2D eigenvalue weighted by atomic mass is 10.0. The van der Waals surface area contributed by atoms with Gasteiger partial charge in [-0.25, -0.2) is 14.2 Å². The number of aryl methyl sites for hydroxylation is 1. The number of anilines is 1. The molecule has 27 heavy (non-hydrogen) atoms. The van der Waals surface area contributed by atoms with E-state index in [-0.39, 0.29) is 12.6 Å². The maximum atomic E-state index is 13.8. The van der Waals surface area contributed by atoms with Gasteiger partial charge in [-0.2, -0.15) is 0 Å². The summed E-state index contributed by atoms with van der Waals surface area (Å²) < 4.78 is 13.8. The minimum atomic E-state index is -1.21. The SMILES string of the molecule is Cc1nnc(-c2cnc3cnc(NC(=O)N4CC[C@H](N)[C@@H](F)C4)cc3c2)s1.